The molecule has 32 heavy (non-hydrogen) atoms. The lowest BCUT2D eigenvalue weighted by Gasteiger charge is -2.26. The summed E-state index contributed by atoms with van der Waals surface area (Å²) in [4.78, 5) is 46.7. The first-order valence-electron chi connectivity index (χ1n) is 11.4. The molecular weight excluding hydrogens is 408 g/mol. The third kappa shape index (κ3) is 4.63. The largest absolute Gasteiger partial charge is 0.383 e. The summed E-state index contributed by atoms with van der Waals surface area (Å²) in [6, 6.07) is 9.89. The summed E-state index contributed by atoms with van der Waals surface area (Å²) < 4.78 is 1.31. The van der Waals surface area contributed by atoms with Gasteiger partial charge in [0.05, 0.1) is 13.1 Å². The zero-order chi connectivity index (χ0) is 22.7. The summed E-state index contributed by atoms with van der Waals surface area (Å²) in [5.41, 5.74) is 5.99. The Labute approximate surface area is 187 Å². The Kier molecular flexibility index (Phi) is 6.76. The molecule has 0 radical (unpaired) electrons. The maximum absolute atomic E-state index is 13.2. The standard InChI is InChI=1S/C23H32N6O3/c1-2-28(19(30)16-26-13-10-18(15-26)27-11-6-7-12-27)20-21(24)29(23(32)25-22(20)31)14-17-8-4-3-5-9-17/h3-5,8-9,18H,2,6-7,10-16,24H2,1H3,(H,25,31,32). The van der Waals surface area contributed by atoms with Crippen molar-refractivity contribution in [1.29, 1.82) is 0 Å². The molecule has 2 saturated heterocycles. The molecule has 0 spiro atoms. The van der Waals surface area contributed by atoms with E-state index in [2.05, 4.69) is 14.8 Å². The number of amides is 1. The third-order valence-electron chi connectivity index (χ3n) is 6.55. The van der Waals surface area contributed by atoms with E-state index in [4.69, 9.17) is 5.73 Å². The molecule has 9 nitrogen and oxygen atoms in total. The predicted octanol–water partition coefficient (Wildman–Crippen LogP) is 0.690. The number of nitrogens with one attached hydrogen (secondary N) is 1. The number of likely N-dealkylation sites (N-methyl/N-ethyl adjacent to an activating group) is 1. The van der Waals surface area contributed by atoms with E-state index in [1.54, 1.807) is 6.92 Å². The quantitative estimate of drug-likeness (QED) is 0.656. The van der Waals surface area contributed by atoms with Gasteiger partial charge < -0.3 is 10.6 Å². The molecule has 1 unspecified atom stereocenters. The zero-order valence-corrected chi connectivity index (χ0v) is 18.6. The highest BCUT2D eigenvalue weighted by atomic mass is 16.2. The second-order valence-corrected chi connectivity index (χ2v) is 8.62. The molecule has 3 heterocycles. The van der Waals surface area contributed by atoms with Gasteiger partial charge in [0.2, 0.25) is 5.91 Å². The van der Waals surface area contributed by atoms with E-state index < -0.39 is 11.2 Å². The van der Waals surface area contributed by atoms with Crippen molar-refractivity contribution in [2.24, 2.45) is 0 Å². The number of likely N-dealkylation sites (tertiary alicyclic amines) is 2. The molecule has 172 valence electrons. The summed E-state index contributed by atoms with van der Waals surface area (Å²) in [7, 11) is 0. The molecule has 2 fully saturated rings. The van der Waals surface area contributed by atoms with E-state index in [0.29, 0.717) is 12.6 Å². The monoisotopic (exact) mass is 440 g/mol. The molecule has 2 aromatic rings. The molecule has 0 bridgehead atoms. The smallest absolute Gasteiger partial charge is 0.330 e. The highest BCUT2D eigenvalue weighted by molar-refractivity contribution is 5.96. The number of nitrogen functional groups attached to an aromatic ring is 1. The summed E-state index contributed by atoms with van der Waals surface area (Å²) in [5.74, 6) is -0.175. The number of benzene rings is 1. The molecular formula is C23H32N6O3. The van der Waals surface area contributed by atoms with E-state index in [0.717, 1.165) is 38.2 Å². The normalized spacial score (nSPS) is 19.5. The maximum atomic E-state index is 13.2. The van der Waals surface area contributed by atoms with Crippen LogP contribution in [-0.2, 0) is 11.3 Å². The summed E-state index contributed by atoms with van der Waals surface area (Å²) in [5, 5.41) is 0. The van der Waals surface area contributed by atoms with Crippen molar-refractivity contribution in [3.63, 3.8) is 0 Å². The highest BCUT2D eigenvalue weighted by Crippen LogP contribution is 2.22. The fourth-order valence-electron chi connectivity index (χ4n) is 4.86. The van der Waals surface area contributed by atoms with Crippen LogP contribution in [0.4, 0.5) is 11.5 Å². The van der Waals surface area contributed by atoms with Gasteiger partial charge in [0.1, 0.15) is 5.82 Å². The van der Waals surface area contributed by atoms with Gasteiger partial charge in [-0.2, -0.15) is 0 Å². The Hall–Kier alpha value is -2.91. The van der Waals surface area contributed by atoms with Crippen LogP contribution < -0.4 is 21.9 Å². The Balaban J connectivity index is 1.53. The van der Waals surface area contributed by atoms with E-state index in [-0.39, 0.29) is 30.5 Å². The molecule has 1 aromatic heterocycles. The van der Waals surface area contributed by atoms with E-state index >= 15 is 0 Å². The van der Waals surface area contributed by atoms with Gasteiger partial charge in [0.15, 0.2) is 5.69 Å². The average Bonchev–Trinajstić information content (AvgIpc) is 3.47. The van der Waals surface area contributed by atoms with Crippen LogP contribution >= 0.6 is 0 Å². The molecule has 2 aliphatic heterocycles. The second-order valence-electron chi connectivity index (χ2n) is 8.62. The molecule has 9 heteroatoms. The van der Waals surface area contributed by atoms with Crippen LogP contribution in [0.25, 0.3) is 0 Å². The van der Waals surface area contributed by atoms with Crippen molar-refractivity contribution in [3.8, 4) is 0 Å². The lowest BCUT2D eigenvalue weighted by Crippen LogP contribution is -2.45. The zero-order valence-electron chi connectivity index (χ0n) is 18.6. The lowest BCUT2D eigenvalue weighted by atomic mass is 10.2. The highest BCUT2D eigenvalue weighted by Gasteiger charge is 2.32. The van der Waals surface area contributed by atoms with E-state index in [9.17, 15) is 14.4 Å². The number of carbonyl (C=O) groups is 1. The molecule has 1 amide bonds. The average molecular weight is 441 g/mol. The van der Waals surface area contributed by atoms with Crippen molar-refractivity contribution in [2.75, 3.05) is 49.9 Å². The number of hydrogen-bond acceptors (Lipinski definition) is 6. The van der Waals surface area contributed by atoms with Crippen molar-refractivity contribution >= 4 is 17.4 Å². The van der Waals surface area contributed by atoms with Crippen molar-refractivity contribution in [2.45, 2.75) is 38.8 Å². The van der Waals surface area contributed by atoms with E-state index in [1.165, 1.54) is 22.3 Å². The molecule has 1 aromatic carbocycles. The number of nitrogens with two attached hydrogens (primary N) is 1. The number of anilines is 2. The minimum absolute atomic E-state index is 0.00849. The van der Waals surface area contributed by atoms with Gasteiger partial charge in [-0.05, 0) is 44.8 Å². The van der Waals surface area contributed by atoms with Gasteiger partial charge in [0.25, 0.3) is 5.56 Å². The number of carbonyl (C=O) groups excluding carboxylic acids is 1. The Morgan fingerprint density at radius 2 is 1.88 bits per heavy atom. The van der Waals surface area contributed by atoms with Gasteiger partial charge in [-0.1, -0.05) is 30.3 Å². The Morgan fingerprint density at radius 3 is 2.56 bits per heavy atom. The molecule has 2 aliphatic rings. The molecule has 4 rings (SSSR count). The minimum Gasteiger partial charge on any atom is -0.383 e. The van der Waals surface area contributed by atoms with Crippen molar-refractivity contribution in [1.82, 2.24) is 19.4 Å². The fourth-order valence-corrected chi connectivity index (χ4v) is 4.86. The molecule has 0 saturated carbocycles. The second kappa shape index (κ2) is 9.70. The van der Waals surface area contributed by atoms with Crippen LogP contribution in [0.3, 0.4) is 0 Å². The molecule has 1 atom stereocenters. The SMILES string of the molecule is CCN(C(=O)CN1CCC(N2CCCC2)C1)c1c(N)n(Cc2ccccc2)c(=O)[nH]c1=O. The Morgan fingerprint density at radius 1 is 1.16 bits per heavy atom. The van der Waals surface area contributed by atoms with Crippen LogP contribution in [0.1, 0.15) is 31.7 Å². The summed E-state index contributed by atoms with van der Waals surface area (Å²) in [6.07, 6.45) is 3.56. The Bertz CT molecular complexity index is 1060. The van der Waals surface area contributed by atoms with Gasteiger partial charge >= 0.3 is 5.69 Å². The van der Waals surface area contributed by atoms with E-state index in [1.807, 2.05) is 30.3 Å². The first-order chi connectivity index (χ1) is 15.5. The first kappa shape index (κ1) is 22.3. The lowest BCUT2D eigenvalue weighted by molar-refractivity contribution is -0.119. The van der Waals surface area contributed by atoms with Gasteiger partial charge in [-0.3, -0.25) is 28.9 Å². The third-order valence-corrected chi connectivity index (χ3v) is 6.55. The number of aromatic nitrogens is 2. The summed E-state index contributed by atoms with van der Waals surface area (Å²) in [6.45, 7) is 6.55. The fraction of sp³-hybridized carbons (Fsp3) is 0.522. The van der Waals surface area contributed by atoms with Crippen LogP contribution in [0.15, 0.2) is 39.9 Å². The maximum Gasteiger partial charge on any atom is 0.330 e. The number of hydrogen-bond donors (Lipinski definition) is 2. The topological polar surface area (TPSA) is 108 Å². The predicted molar refractivity (Wildman–Crippen MR) is 125 cm³/mol. The van der Waals surface area contributed by atoms with Crippen LogP contribution in [-0.4, -0.2) is 70.6 Å². The van der Waals surface area contributed by atoms with Crippen molar-refractivity contribution < 1.29 is 4.79 Å². The van der Waals surface area contributed by atoms with Crippen LogP contribution in [0.5, 0.6) is 0 Å². The van der Waals surface area contributed by atoms with Gasteiger partial charge in [-0.15, -0.1) is 0 Å². The molecule has 3 N–H and O–H groups in total. The van der Waals surface area contributed by atoms with Gasteiger partial charge in [-0.25, -0.2) is 4.79 Å². The van der Waals surface area contributed by atoms with Gasteiger partial charge in [0, 0.05) is 25.7 Å². The number of rotatable bonds is 7. The molecule has 0 aliphatic carbocycles. The number of nitrogens with zero attached hydrogens (tertiary/aromatic N) is 4. The summed E-state index contributed by atoms with van der Waals surface area (Å²) >= 11 is 0. The number of aromatic amines is 1. The first-order valence-corrected chi connectivity index (χ1v) is 11.4. The van der Waals surface area contributed by atoms with Crippen LogP contribution in [0.2, 0.25) is 0 Å². The minimum atomic E-state index is -0.636. The van der Waals surface area contributed by atoms with Crippen molar-refractivity contribution in [3.05, 3.63) is 56.7 Å². The number of H-pyrrole nitrogens is 1. The van der Waals surface area contributed by atoms with Crippen LogP contribution in [0, 0.1) is 0 Å².